The molecule has 0 spiro atoms. The predicted molar refractivity (Wildman–Crippen MR) is 95.5 cm³/mol. The van der Waals surface area contributed by atoms with Crippen LogP contribution in [-0.2, 0) is 11.2 Å². The summed E-state index contributed by atoms with van der Waals surface area (Å²) in [4.78, 5) is 0. The second kappa shape index (κ2) is 9.35. The maximum absolute atomic E-state index is 5.84. The molecule has 0 aromatic heterocycles. The van der Waals surface area contributed by atoms with Crippen molar-refractivity contribution in [1.29, 1.82) is 0 Å². The Kier molecular flexibility index (Phi) is 7.45. The minimum atomic E-state index is 0.413. The molecule has 22 heavy (non-hydrogen) atoms. The van der Waals surface area contributed by atoms with Crippen molar-refractivity contribution in [3.63, 3.8) is 0 Å². The first-order chi connectivity index (χ1) is 10.8. The Labute approximate surface area is 137 Å². The van der Waals surface area contributed by atoms with Gasteiger partial charge in [0.15, 0.2) is 0 Å². The summed E-state index contributed by atoms with van der Waals surface area (Å²) in [6.07, 6.45) is 12.2. The van der Waals surface area contributed by atoms with Crippen LogP contribution in [0.15, 0.2) is 24.3 Å². The number of hydrogen-bond acceptors (Lipinski definition) is 1. The van der Waals surface area contributed by atoms with Crippen LogP contribution in [0, 0.1) is 5.92 Å². The van der Waals surface area contributed by atoms with E-state index < -0.39 is 0 Å². The number of methoxy groups -OCH3 is 1. The van der Waals surface area contributed by atoms with E-state index in [1.165, 1.54) is 68.9 Å². The fourth-order valence-electron chi connectivity index (χ4n) is 4.03. The molecule has 0 N–H and O–H groups in total. The number of ether oxygens (including phenoxy) is 1. The van der Waals surface area contributed by atoms with Crippen molar-refractivity contribution >= 4 is 0 Å². The van der Waals surface area contributed by atoms with Gasteiger partial charge in [-0.2, -0.15) is 0 Å². The van der Waals surface area contributed by atoms with Crippen LogP contribution in [0.3, 0.4) is 0 Å². The summed E-state index contributed by atoms with van der Waals surface area (Å²) in [6.45, 7) is 4.56. The normalized spacial score (nSPS) is 25.3. The molecule has 1 aromatic rings. The third-order valence-electron chi connectivity index (χ3n) is 5.38. The number of aryl methyl sites for hydroxylation is 1. The van der Waals surface area contributed by atoms with E-state index >= 15 is 0 Å². The predicted octanol–water partition coefficient (Wildman–Crippen LogP) is 6.12. The molecule has 0 amide bonds. The van der Waals surface area contributed by atoms with Gasteiger partial charge in [-0.25, -0.2) is 0 Å². The smallest absolute Gasteiger partial charge is 0.0642 e. The van der Waals surface area contributed by atoms with Crippen molar-refractivity contribution < 1.29 is 4.74 Å². The lowest BCUT2D eigenvalue weighted by molar-refractivity contribution is 0.0307. The molecule has 2 rings (SSSR count). The first-order valence-corrected chi connectivity index (χ1v) is 9.40. The van der Waals surface area contributed by atoms with E-state index in [9.17, 15) is 0 Å². The Balaban J connectivity index is 1.95. The molecule has 0 saturated heterocycles. The average molecular weight is 303 g/mol. The van der Waals surface area contributed by atoms with Crippen LogP contribution in [0.5, 0.6) is 0 Å². The summed E-state index contributed by atoms with van der Waals surface area (Å²) < 4.78 is 5.84. The first-order valence-electron chi connectivity index (χ1n) is 9.40. The van der Waals surface area contributed by atoms with Crippen molar-refractivity contribution in [2.24, 2.45) is 5.92 Å². The topological polar surface area (TPSA) is 9.23 Å². The molecule has 124 valence electrons. The molecule has 3 atom stereocenters. The minimum Gasteiger partial charge on any atom is -0.381 e. The van der Waals surface area contributed by atoms with Crippen molar-refractivity contribution in [3.05, 3.63) is 35.4 Å². The van der Waals surface area contributed by atoms with Gasteiger partial charge in [-0.3, -0.25) is 0 Å². The zero-order valence-electron chi connectivity index (χ0n) is 14.8. The minimum absolute atomic E-state index is 0.413. The van der Waals surface area contributed by atoms with E-state index in [0.717, 1.165) is 5.92 Å². The Morgan fingerprint density at radius 2 is 1.77 bits per heavy atom. The third kappa shape index (κ3) is 4.84. The summed E-state index contributed by atoms with van der Waals surface area (Å²) in [6, 6.07) is 9.40. The van der Waals surface area contributed by atoms with E-state index in [1.807, 2.05) is 7.11 Å². The highest BCUT2D eigenvalue weighted by atomic mass is 16.5. The second-order valence-corrected chi connectivity index (χ2v) is 7.05. The van der Waals surface area contributed by atoms with Gasteiger partial charge in [-0.15, -0.1) is 0 Å². The largest absolute Gasteiger partial charge is 0.381 e. The van der Waals surface area contributed by atoms with E-state index in [2.05, 4.69) is 38.1 Å². The van der Waals surface area contributed by atoms with Gasteiger partial charge in [0, 0.05) is 13.0 Å². The van der Waals surface area contributed by atoms with Crippen molar-refractivity contribution in [3.8, 4) is 0 Å². The lowest BCUT2D eigenvalue weighted by Crippen LogP contribution is -2.29. The van der Waals surface area contributed by atoms with Crippen LogP contribution in [0.4, 0.5) is 0 Å². The van der Waals surface area contributed by atoms with Gasteiger partial charge in [-0.05, 0) is 49.1 Å². The highest BCUT2D eigenvalue weighted by Crippen LogP contribution is 2.39. The quantitative estimate of drug-likeness (QED) is 0.526. The van der Waals surface area contributed by atoms with Crippen LogP contribution in [0.1, 0.15) is 82.3 Å². The summed E-state index contributed by atoms with van der Waals surface area (Å²) in [5, 5.41) is 0. The maximum atomic E-state index is 5.84. The second-order valence-electron chi connectivity index (χ2n) is 7.05. The summed E-state index contributed by atoms with van der Waals surface area (Å²) in [5.41, 5.74) is 2.98. The lowest BCUT2D eigenvalue weighted by atomic mass is 9.75. The standard InChI is InChI=1S/C21H34O/c1-4-6-7-9-17-10-13-19(14-11-17)20-15-12-18(8-5-2)16-21(20)22-3/h10-11,13-14,18,20-21H,4-9,12,15-16H2,1-3H3/t18-,20+,21-/m1/s1. The Bertz CT molecular complexity index is 408. The number of rotatable bonds is 8. The molecule has 1 aliphatic rings. The van der Waals surface area contributed by atoms with Crippen LogP contribution in [0.2, 0.25) is 0 Å². The van der Waals surface area contributed by atoms with Gasteiger partial charge < -0.3 is 4.74 Å². The Morgan fingerprint density at radius 1 is 1.00 bits per heavy atom. The summed E-state index contributed by atoms with van der Waals surface area (Å²) in [7, 11) is 1.89. The average Bonchev–Trinajstić information content (AvgIpc) is 2.56. The molecule has 0 bridgehead atoms. The van der Waals surface area contributed by atoms with Gasteiger partial charge in [0.2, 0.25) is 0 Å². The molecule has 0 aliphatic heterocycles. The zero-order chi connectivity index (χ0) is 15.8. The van der Waals surface area contributed by atoms with Gasteiger partial charge in [0.05, 0.1) is 6.10 Å². The monoisotopic (exact) mass is 302 g/mol. The van der Waals surface area contributed by atoms with Crippen LogP contribution in [0.25, 0.3) is 0 Å². The Hall–Kier alpha value is -0.820. The lowest BCUT2D eigenvalue weighted by Gasteiger charge is -2.35. The molecular weight excluding hydrogens is 268 g/mol. The fraction of sp³-hybridized carbons (Fsp3) is 0.714. The molecule has 1 aromatic carbocycles. The maximum Gasteiger partial charge on any atom is 0.0642 e. The van der Waals surface area contributed by atoms with Crippen molar-refractivity contribution in [1.82, 2.24) is 0 Å². The molecule has 1 saturated carbocycles. The van der Waals surface area contributed by atoms with E-state index in [1.54, 1.807) is 0 Å². The highest BCUT2D eigenvalue weighted by Gasteiger charge is 2.31. The van der Waals surface area contributed by atoms with Crippen LogP contribution >= 0.6 is 0 Å². The Morgan fingerprint density at radius 3 is 2.41 bits per heavy atom. The molecular formula is C21H34O. The van der Waals surface area contributed by atoms with Gasteiger partial charge in [0.1, 0.15) is 0 Å². The molecule has 0 unspecified atom stereocenters. The van der Waals surface area contributed by atoms with Crippen molar-refractivity contribution in [2.75, 3.05) is 7.11 Å². The molecule has 0 radical (unpaired) electrons. The molecule has 1 fully saturated rings. The van der Waals surface area contributed by atoms with Gasteiger partial charge in [0.25, 0.3) is 0 Å². The third-order valence-corrected chi connectivity index (χ3v) is 5.38. The van der Waals surface area contributed by atoms with Crippen LogP contribution in [-0.4, -0.2) is 13.2 Å². The van der Waals surface area contributed by atoms with E-state index in [0.29, 0.717) is 12.0 Å². The van der Waals surface area contributed by atoms with E-state index in [-0.39, 0.29) is 0 Å². The van der Waals surface area contributed by atoms with Gasteiger partial charge >= 0.3 is 0 Å². The first kappa shape index (κ1) is 17.5. The number of hydrogen-bond donors (Lipinski definition) is 0. The zero-order valence-corrected chi connectivity index (χ0v) is 14.8. The highest BCUT2D eigenvalue weighted by molar-refractivity contribution is 5.27. The summed E-state index contributed by atoms with van der Waals surface area (Å²) >= 11 is 0. The SMILES string of the molecule is CCCCCc1ccc([C@@H]2CC[C@@H](CCC)C[C@H]2OC)cc1. The molecule has 1 nitrogen and oxygen atoms in total. The number of unbranched alkanes of at least 4 members (excludes halogenated alkanes) is 2. The molecule has 1 aliphatic carbocycles. The fourth-order valence-corrected chi connectivity index (χ4v) is 4.03. The summed E-state index contributed by atoms with van der Waals surface area (Å²) in [5.74, 6) is 1.47. The molecule has 1 heteroatoms. The number of benzene rings is 1. The van der Waals surface area contributed by atoms with Crippen LogP contribution < -0.4 is 0 Å². The van der Waals surface area contributed by atoms with Crippen molar-refractivity contribution in [2.45, 2.75) is 83.7 Å². The molecule has 0 heterocycles. The van der Waals surface area contributed by atoms with E-state index in [4.69, 9.17) is 4.74 Å². The van der Waals surface area contributed by atoms with Gasteiger partial charge in [-0.1, -0.05) is 63.8 Å².